The van der Waals surface area contributed by atoms with Crippen molar-refractivity contribution in [2.24, 2.45) is 5.73 Å². The molecule has 0 aromatic carbocycles. The van der Waals surface area contributed by atoms with E-state index in [4.69, 9.17) is 15.2 Å². The summed E-state index contributed by atoms with van der Waals surface area (Å²) in [7, 11) is 0. The fourth-order valence-electron chi connectivity index (χ4n) is 1.64. The molecule has 0 aliphatic heterocycles. The molecule has 0 unspecified atom stereocenters. The Kier molecular flexibility index (Phi) is 8.40. The van der Waals surface area contributed by atoms with Gasteiger partial charge in [0.15, 0.2) is 0 Å². The first-order valence-electron chi connectivity index (χ1n) is 7.54. The van der Waals surface area contributed by atoms with Crippen LogP contribution < -0.4 is 11.1 Å². The van der Waals surface area contributed by atoms with Gasteiger partial charge in [-0.15, -0.1) is 0 Å². The smallest absolute Gasteiger partial charge is 0.407 e. The van der Waals surface area contributed by atoms with Crippen LogP contribution in [0.25, 0.3) is 0 Å². The number of hydrogen-bond acceptors (Lipinski definition) is 6. The SMILES string of the molecule is CC(C)(C)OC(=O)CN(CCN)CCNC(=O)OC(C)(C)C. The Labute approximate surface area is 133 Å². The lowest BCUT2D eigenvalue weighted by atomic mass is 10.2. The summed E-state index contributed by atoms with van der Waals surface area (Å²) in [5, 5.41) is 2.65. The first-order valence-corrected chi connectivity index (χ1v) is 7.54. The number of nitrogens with zero attached hydrogens (tertiary/aromatic N) is 1. The lowest BCUT2D eigenvalue weighted by Gasteiger charge is -2.25. The zero-order chi connectivity index (χ0) is 17.4. The van der Waals surface area contributed by atoms with Crippen LogP contribution in [0.4, 0.5) is 4.79 Å². The van der Waals surface area contributed by atoms with Crippen molar-refractivity contribution in [3.63, 3.8) is 0 Å². The van der Waals surface area contributed by atoms with Crippen LogP contribution in [0.3, 0.4) is 0 Å². The average molecular weight is 317 g/mol. The van der Waals surface area contributed by atoms with Crippen LogP contribution in [0.15, 0.2) is 0 Å². The Morgan fingerprint density at radius 2 is 1.55 bits per heavy atom. The van der Waals surface area contributed by atoms with Gasteiger partial charge in [0.25, 0.3) is 0 Å². The minimum absolute atomic E-state index is 0.143. The van der Waals surface area contributed by atoms with E-state index in [0.717, 1.165) is 0 Å². The van der Waals surface area contributed by atoms with Crippen LogP contribution in [-0.2, 0) is 14.3 Å². The Morgan fingerprint density at radius 1 is 1.00 bits per heavy atom. The van der Waals surface area contributed by atoms with Gasteiger partial charge >= 0.3 is 12.1 Å². The van der Waals surface area contributed by atoms with E-state index in [0.29, 0.717) is 26.2 Å². The van der Waals surface area contributed by atoms with Crippen molar-refractivity contribution in [3.05, 3.63) is 0 Å². The van der Waals surface area contributed by atoms with Gasteiger partial charge in [0.1, 0.15) is 11.2 Å². The monoisotopic (exact) mass is 317 g/mol. The van der Waals surface area contributed by atoms with E-state index < -0.39 is 17.3 Å². The van der Waals surface area contributed by atoms with Crippen molar-refractivity contribution in [3.8, 4) is 0 Å². The second kappa shape index (κ2) is 8.95. The summed E-state index contributed by atoms with van der Waals surface area (Å²) in [4.78, 5) is 25.2. The first kappa shape index (κ1) is 20.7. The van der Waals surface area contributed by atoms with E-state index in [1.54, 1.807) is 20.8 Å². The fourth-order valence-corrected chi connectivity index (χ4v) is 1.64. The van der Waals surface area contributed by atoms with Crippen LogP contribution >= 0.6 is 0 Å². The number of nitrogens with one attached hydrogen (secondary N) is 1. The molecule has 0 aliphatic rings. The molecule has 0 aliphatic carbocycles. The summed E-state index contributed by atoms with van der Waals surface area (Å²) in [6.45, 7) is 12.9. The Bertz CT molecular complexity index is 359. The third kappa shape index (κ3) is 12.4. The number of ether oxygens (including phenoxy) is 2. The molecule has 0 bridgehead atoms. The maximum absolute atomic E-state index is 11.8. The quantitative estimate of drug-likeness (QED) is 0.683. The second-order valence-electron chi connectivity index (χ2n) is 7.08. The molecule has 7 nitrogen and oxygen atoms in total. The summed E-state index contributed by atoms with van der Waals surface area (Å²) < 4.78 is 10.4. The molecule has 0 rings (SSSR count). The molecule has 130 valence electrons. The molecule has 1 amide bonds. The number of esters is 1. The van der Waals surface area contributed by atoms with Crippen LogP contribution in [-0.4, -0.2) is 60.9 Å². The molecule has 0 heterocycles. The summed E-state index contributed by atoms with van der Waals surface area (Å²) in [6, 6.07) is 0. The van der Waals surface area contributed by atoms with Gasteiger partial charge in [0.05, 0.1) is 6.54 Å². The van der Waals surface area contributed by atoms with Gasteiger partial charge in [-0.2, -0.15) is 0 Å². The lowest BCUT2D eigenvalue weighted by molar-refractivity contribution is -0.156. The Hall–Kier alpha value is -1.34. The molecule has 0 aromatic heterocycles. The van der Waals surface area contributed by atoms with Crippen LogP contribution in [0.5, 0.6) is 0 Å². The molecule has 7 heteroatoms. The number of carbonyl (C=O) groups excluding carboxylic acids is 2. The fraction of sp³-hybridized carbons (Fsp3) is 0.867. The molecular weight excluding hydrogens is 286 g/mol. The normalized spacial score (nSPS) is 12.2. The lowest BCUT2D eigenvalue weighted by Crippen LogP contribution is -2.42. The third-order valence-corrected chi connectivity index (χ3v) is 2.31. The summed E-state index contributed by atoms with van der Waals surface area (Å²) in [5.41, 5.74) is 4.50. The molecule has 0 saturated carbocycles. The number of nitrogens with two attached hydrogens (primary N) is 1. The number of alkyl carbamates (subject to hydrolysis) is 1. The number of amides is 1. The van der Waals surface area contributed by atoms with Crippen molar-refractivity contribution < 1.29 is 19.1 Å². The topological polar surface area (TPSA) is 93.9 Å². The maximum atomic E-state index is 11.8. The predicted octanol–water partition coefficient (Wildman–Crippen LogP) is 1.11. The minimum atomic E-state index is -0.530. The van der Waals surface area contributed by atoms with Crippen LogP contribution in [0.2, 0.25) is 0 Å². The molecule has 22 heavy (non-hydrogen) atoms. The zero-order valence-electron chi connectivity index (χ0n) is 14.7. The Balaban J connectivity index is 4.20. The van der Waals surface area contributed by atoms with Gasteiger partial charge in [-0.25, -0.2) is 4.79 Å². The van der Waals surface area contributed by atoms with Crippen LogP contribution in [0, 0.1) is 0 Å². The van der Waals surface area contributed by atoms with Gasteiger partial charge in [-0.3, -0.25) is 9.69 Å². The van der Waals surface area contributed by atoms with Crippen molar-refractivity contribution in [2.45, 2.75) is 52.7 Å². The predicted molar refractivity (Wildman–Crippen MR) is 85.6 cm³/mol. The summed E-state index contributed by atoms with van der Waals surface area (Å²) in [5.74, 6) is -0.307. The highest BCUT2D eigenvalue weighted by molar-refractivity contribution is 5.72. The third-order valence-electron chi connectivity index (χ3n) is 2.31. The Morgan fingerprint density at radius 3 is 2.00 bits per heavy atom. The van der Waals surface area contributed by atoms with E-state index >= 15 is 0 Å². The van der Waals surface area contributed by atoms with E-state index in [1.165, 1.54) is 0 Å². The summed E-state index contributed by atoms with van der Waals surface area (Å²) >= 11 is 0. The number of rotatable bonds is 7. The number of carbonyl (C=O) groups is 2. The van der Waals surface area contributed by atoms with Gasteiger partial charge in [0, 0.05) is 26.2 Å². The van der Waals surface area contributed by atoms with Crippen molar-refractivity contribution in [1.82, 2.24) is 10.2 Å². The molecule has 0 radical (unpaired) electrons. The van der Waals surface area contributed by atoms with Gasteiger partial charge < -0.3 is 20.5 Å². The van der Waals surface area contributed by atoms with Gasteiger partial charge in [-0.05, 0) is 41.5 Å². The maximum Gasteiger partial charge on any atom is 0.407 e. The van der Waals surface area contributed by atoms with Gasteiger partial charge in [-0.1, -0.05) is 0 Å². The largest absolute Gasteiger partial charge is 0.459 e. The van der Waals surface area contributed by atoms with Crippen molar-refractivity contribution in [1.29, 1.82) is 0 Å². The van der Waals surface area contributed by atoms with E-state index in [2.05, 4.69) is 5.32 Å². The number of hydrogen-bond donors (Lipinski definition) is 2. The van der Waals surface area contributed by atoms with Crippen molar-refractivity contribution in [2.75, 3.05) is 32.7 Å². The first-order chi connectivity index (χ1) is 9.93. The highest BCUT2D eigenvalue weighted by Gasteiger charge is 2.19. The van der Waals surface area contributed by atoms with E-state index in [-0.39, 0.29) is 12.5 Å². The average Bonchev–Trinajstić information content (AvgIpc) is 2.23. The molecule has 0 fully saturated rings. The van der Waals surface area contributed by atoms with E-state index in [1.807, 2.05) is 25.7 Å². The molecule has 0 aromatic rings. The highest BCUT2D eigenvalue weighted by Crippen LogP contribution is 2.08. The minimum Gasteiger partial charge on any atom is -0.459 e. The van der Waals surface area contributed by atoms with Crippen molar-refractivity contribution >= 4 is 12.1 Å². The molecular formula is C15H31N3O4. The molecule has 3 N–H and O–H groups in total. The molecule has 0 saturated heterocycles. The summed E-state index contributed by atoms with van der Waals surface area (Å²) in [6.07, 6.45) is -0.475. The molecule has 0 spiro atoms. The van der Waals surface area contributed by atoms with Gasteiger partial charge in [0.2, 0.25) is 0 Å². The second-order valence-corrected chi connectivity index (χ2v) is 7.08. The van der Waals surface area contributed by atoms with Crippen LogP contribution in [0.1, 0.15) is 41.5 Å². The highest BCUT2D eigenvalue weighted by atomic mass is 16.6. The zero-order valence-corrected chi connectivity index (χ0v) is 14.7. The molecule has 0 atom stereocenters. The standard InChI is InChI=1S/C15H31N3O4/c1-14(2,3)21-12(19)11-18(9-7-16)10-8-17-13(20)22-15(4,5)6/h7-11,16H2,1-6H3,(H,17,20). The van der Waals surface area contributed by atoms with E-state index in [9.17, 15) is 9.59 Å².